The zero-order valence-electron chi connectivity index (χ0n) is 11.5. The van der Waals surface area contributed by atoms with Crippen LogP contribution in [0.25, 0.3) is 0 Å². The fraction of sp³-hybridized carbons (Fsp3) is 0.538. The number of hydrogen-bond acceptors (Lipinski definition) is 3. The Morgan fingerprint density at radius 1 is 1.33 bits per heavy atom. The van der Waals surface area contributed by atoms with Gasteiger partial charge in [-0.1, -0.05) is 19.1 Å². The fourth-order valence-corrected chi connectivity index (χ4v) is 4.63. The van der Waals surface area contributed by atoms with Crippen LogP contribution in [0.4, 0.5) is 13.2 Å². The average molecular weight is 322 g/mol. The number of nitrogens with two attached hydrogens (primary N) is 1. The molecule has 1 aliphatic heterocycles. The summed E-state index contributed by atoms with van der Waals surface area (Å²) in [5, 5.41) is 0. The van der Waals surface area contributed by atoms with E-state index in [1.807, 2.05) is 6.92 Å². The second-order valence-electron chi connectivity index (χ2n) is 5.18. The molecular weight excluding hydrogens is 305 g/mol. The van der Waals surface area contributed by atoms with Crippen LogP contribution < -0.4 is 5.73 Å². The second-order valence-corrected chi connectivity index (χ2v) is 7.04. The Bertz CT molecular complexity index is 616. The lowest BCUT2D eigenvalue weighted by Crippen LogP contribution is -2.42. The van der Waals surface area contributed by atoms with Gasteiger partial charge in [0.2, 0.25) is 10.0 Å². The predicted molar refractivity (Wildman–Crippen MR) is 72.0 cm³/mol. The van der Waals surface area contributed by atoms with Crippen molar-refractivity contribution in [1.82, 2.24) is 4.31 Å². The van der Waals surface area contributed by atoms with E-state index in [1.165, 1.54) is 12.1 Å². The van der Waals surface area contributed by atoms with E-state index in [4.69, 9.17) is 5.73 Å². The molecule has 1 aromatic rings. The van der Waals surface area contributed by atoms with Crippen molar-refractivity contribution in [3.8, 4) is 0 Å². The molecule has 0 saturated carbocycles. The van der Waals surface area contributed by atoms with E-state index in [-0.39, 0.29) is 19.0 Å². The molecule has 0 amide bonds. The second kappa shape index (κ2) is 5.58. The monoisotopic (exact) mass is 322 g/mol. The summed E-state index contributed by atoms with van der Waals surface area (Å²) in [6, 6.07) is 3.78. The molecule has 4 nitrogen and oxygen atoms in total. The molecule has 1 aromatic carbocycles. The Morgan fingerprint density at radius 3 is 2.52 bits per heavy atom. The highest BCUT2D eigenvalue weighted by atomic mass is 32.2. The van der Waals surface area contributed by atoms with Gasteiger partial charge < -0.3 is 5.73 Å². The van der Waals surface area contributed by atoms with Crippen LogP contribution in [0, 0.1) is 5.92 Å². The van der Waals surface area contributed by atoms with E-state index < -0.39 is 32.7 Å². The minimum Gasteiger partial charge on any atom is -0.329 e. The molecule has 8 heteroatoms. The summed E-state index contributed by atoms with van der Waals surface area (Å²) < 4.78 is 65.3. The number of halogens is 3. The first-order chi connectivity index (χ1) is 9.69. The van der Waals surface area contributed by atoms with Crippen molar-refractivity contribution in [3.63, 3.8) is 0 Å². The lowest BCUT2D eigenvalue weighted by molar-refractivity contribution is -0.139. The molecule has 2 atom stereocenters. The maximum atomic E-state index is 13.0. The zero-order chi connectivity index (χ0) is 15.8. The Labute approximate surface area is 121 Å². The van der Waals surface area contributed by atoms with Crippen LogP contribution in [0.1, 0.15) is 18.9 Å². The predicted octanol–water partition coefficient (Wildman–Crippen LogP) is 2.06. The van der Waals surface area contributed by atoms with E-state index >= 15 is 0 Å². The van der Waals surface area contributed by atoms with Crippen LogP contribution >= 0.6 is 0 Å². The van der Waals surface area contributed by atoms with E-state index in [0.29, 0.717) is 6.42 Å². The van der Waals surface area contributed by atoms with Crippen LogP contribution in [-0.4, -0.2) is 31.9 Å². The lowest BCUT2D eigenvalue weighted by Gasteiger charge is -2.26. The molecule has 0 aromatic heterocycles. The molecule has 0 spiro atoms. The van der Waals surface area contributed by atoms with Gasteiger partial charge in [0.05, 0.1) is 10.5 Å². The van der Waals surface area contributed by atoms with Gasteiger partial charge in [0.15, 0.2) is 0 Å². The van der Waals surface area contributed by atoms with Gasteiger partial charge in [-0.15, -0.1) is 0 Å². The van der Waals surface area contributed by atoms with Crippen molar-refractivity contribution >= 4 is 10.0 Å². The summed E-state index contributed by atoms with van der Waals surface area (Å²) in [5.41, 5.74) is 4.45. The molecule has 2 unspecified atom stereocenters. The normalized spacial score (nSPS) is 24.4. The first-order valence-corrected chi connectivity index (χ1v) is 8.01. The molecule has 2 N–H and O–H groups in total. The first kappa shape index (κ1) is 16.3. The zero-order valence-corrected chi connectivity index (χ0v) is 12.3. The van der Waals surface area contributed by atoms with Gasteiger partial charge in [-0.2, -0.15) is 17.5 Å². The highest BCUT2D eigenvalue weighted by molar-refractivity contribution is 7.89. The van der Waals surface area contributed by atoms with Crippen molar-refractivity contribution in [2.75, 3.05) is 13.1 Å². The van der Waals surface area contributed by atoms with E-state index in [9.17, 15) is 21.6 Å². The molecule has 118 valence electrons. The molecule has 1 saturated heterocycles. The van der Waals surface area contributed by atoms with Crippen molar-refractivity contribution in [2.45, 2.75) is 30.5 Å². The van der Waals surface area contributed by atoms with Crippen LogP contribution in [0.5, 0.6) is 0 Å². The topological polar surface area (TPSA) is 63.4 Å². The van der Waals surface area contributed by atoms with Crippen molar-refractivity contribution in [3.05, 3.63) is 29.8 Å². The largest absolute Gasteiger partial charge is 0.417 e. The van der Waals surface area contributed by atoms with Gasteiger partial charge in [0.25, 0.3) is 0 Å². The number of rotatable bonds is 3. The highest BCUT2D eigenvalue weighted by Gasteiger charge is 2.43. The van der Waals surface area contributed by atoms with E-state index in [1.54, 1.807) is 0 Å². The molecule has 0 radical (unpaired) electrons. The fourth-order valence-electron chi connectivity index (χ4n) is 2.67. The summed E-state index contributed by atoms with van der Waals surface area (Å²) >= 11 is 0. The summed E-state index contributed by atoms with van der Waals surface area (Å²) in [6.45, 7) is 2.13. The van der Waals surface area contributed by atoms with Crippen LogP contribution in [0.3, 0.4) is 0 Å². The van der Waals surface area contributed by atoms with Crippen LogP contribution in [0.2, 0.25) is 0 Å². The molecule has 0 aliphatic carbocycles. The average Bonchev–Trinajstić information content (AvgIpc) is 2.79. The summed E-state index contributed by atoms with van der Waals surface area (Å²) in [7, 11) is -4.21. The van der Waals surface area contributed by atoms with Gasteiger partial charge in [-0.05, 0) is 24.5 Å². The molecule has 1 heterocycles. The minimum absolute atomic E-state index is 0.0304. The third-order valence-electron chi connectivity index (χ3n) is 3.85. The number of nitrogens with zero attached hydrogens (tertiary/aromatic N) is 1. The third-order valence-corrected chi connectivity index (χ3v) is 5.83. The standard InChI is InChI=1S/C13H17F3N2O2S/c1-9-6-7-18(11(9)8-17)21(19,20)12-5-3-2-4-10(12)13(14,15)16/h2-5,9,11H,6-8,17H2,1H3. The maximum absolute atomic E-state index is 13.0. The van der Waals surface area contributed by atoms with Gasteiger partial charge in [0, 0.05) is 19.1 Å². The Morgan fingerprint density at radius 2 is 1.95 bits per heavy atom. The molecular formula is C13H17F3N2O2S. The third kappa shape index (κ3) is 2.93. The quantitative estimate of drug-likeness (QED) is 0.926. The number of hydrogen-bond donors (Lipinski definition) is 1. The van der Waals surface area contributed by atoms with Crippen LogP contribution in [0.15, 0.2) is 29.2 Å². The number of benzene rings is 1. The SMILES string of the molecule is CC1CCN(S(=O)(=O)c2ccccc2C(F)(F)F)C1CN. The molecule has 1 aliphatic rings. The van der Waals surface area contributed by atoms with Crippen LogP contribution in [-0.2, 0) is 16.2 Å². The first-order valence-electron chi connectivity index (χ1n) is 6.57. The summed E-state index contributed by atoms with van der Waals surface area (Å²) in [5.74, 6) is 0.0304. The van der Waals surface area contributed by atoms with E-state index in [0.717, 1.165) is 16.4 Å². The van der Waals surface area contributed by atoms with Gasteiger partial charge in [0.1, 0.15) is 0 Å². The van der Waals surface area contributed by atoms with Gasteiger partial charge in [-0.25, -0.2) is 8.42 Å². The Kier molecular flexibility index (Phi) is 4.32. The Balaban J connectivity index is 2.51. The number of alkyl halides is 3. The van der Waals surface area contributed by atoms with Gasteiger partial charge >= 0.3 is 6.18 Å². The molecule has 0 bridgehead atoms. The van der Waals surface area contributed by atoms with E-state index in [2.05, 4.69) is 0 Å². The molecule has 2 rings (SSSR count). The molecule has 1 fully saturated rings. The van der Waals surface area contributed by atoms with Gasteiger partial charge in [-0.3, -0.25) is 0 Å². The molecule has 21 heavy (non-hydrogen) atoms. The van der Waals surface area contributed by atoms with Crippen molar-refractivity contribution < 1.29 is 21.6 Å². The Hall–Kier alpha value is -1.12. The summed E-state index contributed by atoms with van der Waals surface area (Å²) in [4.78, 5) is -0.704. The smallest absolute Gasteiger partial charge is 0.329 e. The highest BCUT2D eigenvalue weighted by Crippen LogP contribution is 2.37. The summed E-state index contributed by atoms with van der Waals surface area (Å²) in [6.07, 6.45) is -4.12. The number of sulfonamides is 1. The maximum Gasteiger partial charge on any atom is 0.417 e. The lowest BCUT2D eigenvalue weighted by atomic mass is 10.0. The van der Waals surface area contributed by atoms with Crippen molar-refractivity contribution in [2.24, 2.45) is 11.7 Å². The van der Waals surface area contributed by atoms with Crippen molar-refractivity contribution in [1.29, 1.82) is 0 Å². The minimum atomic E-state index is -4.72.